The van der Waals surface area contributed by atoms with Crippen LogP contribution in [0.5, 0.6) is 0 Å². The molecule has 0 bridgehead atoms. The van der Waals surface area contributed by atoms with Crippen LogP contribution in [0, 0.1) is 0 Å². The van der Waals surface area contributed by atoms with Crippen molar-refractivity contribution in [2.45, 2.75) is 44.8 Å². The van der Waals surface area contributed by atoms with Gasteiger partial charge >= 0.3 is 0 Å². The molecule has 3 heteroatoms. The average Bonchev–Trinajstić information content (AvgIpc) is 2.88. The lowest BCUT2D eigenvalue weighted by atomic mass is 9.86. The van der Waals surface area contributed by atoms with E-state index in [-0.39, 0.29) is 11.5 Å². The molecule has 0 aromatic heterocycles. The molecule has 1 aliphatic rings. The Morgan fingerprint density at radius 1 is 1.32 bits per heavy atom. The van der Waals surface area contributed by atoms with E-state index in [1.165, 1.54) is 5.56 Å². The molecule has 0 saturated carbocycles. The Kier molecular flexibility index (Phi) is 4.61. The van der Waals surface area contributed by atoms with Crippen molar-refractivity contribution in [3.63, 3.8) is 0 Å². The zero-order valence-electron chi connectivity index (χ0n) is 12.1. The number of aliphatic hydroxyl groups is 1. The van der Waals surface area contributed by atoms with E-state index in [9.17, 15) is 5.11 Å². The molecule has 1 aliphatic heterocycles. The summed E-state index contributed by atoms with van der Waals surface area (Å²) in [4.78, 5) is 0. The molecule has 0 spiro atoms. The molecule has 1 aromatic rings. The number of rotatable bonds is 4. The van der Waals surface area contributed by atoms with Gasteiger partial charge in [0.15, 0.2) is 0 Å². The summed E-state index contributed by atoms with van der Waals surface area (Å²) < 4.78 is 10.9. The topological polar surface area (TPSA) is 38.7 Å². The highest BCUT2D eigenvalue weighted by atomic mass is 16.5. The molecule has 2 rings (SSSR count). The van der Waals surface area contributed by atoms with Gasteiger partial charge in [0, 0.05) is 6.61 Å². The average molecular weight is 264 g/mol. The second-order valence-corrected chi connectivity index (χ2v) is 6.21. The predicted octanol–water partition coefficient (Wildman–Crippen LogP) is 2.82. The lowest BCUT2D eigenvalue weighted by molar-refractivity contribution is -0.0131. The Morgan fingerprint density at radius 2 is 2.00 bits per heavy atom. The molecule has 1 fully saturated rings. The highest BCUT2D eigenvalue weighted by Crippen LogP contribution is 2.24. The van der Waals surface area contributed by atoms with Crippen LogP contribution in [0.1, 0.15) is 44.4 Å². The summed E-state index contributed by atoms with van der Waals surface area (Å²) in [6.07, 6.45) is 0.508. The molecule has 19 heavy (non-hydrogen) atoms. The Morgan fingerprint density at radius 3 is 2.53 bits per heavy atom. The molecule has 3 nitrogen and oxygen atoms in total. The molecule has 2 unspecified atom stereocenters. The van der Waals surface area contributed by atoms with E-state index >= 15 is 0 Å². The first-order valence-electron chi connectivity index (χ1n) is 6.94. The summed E-state index contributed by atoms with van der Waals surface area (Å²) in [5.41, 5.74) is 2.32. The van der Waals surface area contributed by atoms with Gasteiger partial charge in [-0.15, -0.1) is 0 Å². The minimum atomic E-state index is -0.561. The second kappa shape index (κ2) is 6.04. The first kappa shape index (κ1) is 14.5. The van der Waals surface area contributed by atoms with E-state index in [1.807, 2.05) is 12.1 Å². The van der Waals surface area contributed by atoms with Gasteiger partial charge in [-0.05, 0) is 23.0 Å². The normalized spacial score (nSPS) is 21.6. The molecule has 1 heterocycles. The van der Waals surface area contributed by atoms with Gasteiger partial charge in [-0.25, -0.2) is 0 Å². The van der Waals surface area contributed by atoms with E-state index < -0.39 is 6.10 Å². The van der Waals surface area contributed by atoms with Gasteiger partial charge in [0.2, 0.25) is 0 Å². The van der Waals surface area contributed by atoms with Crippen LogP contribution in [0.15, 0.2) is 24.3 Å². The maximum Gasteiger partial charge on any atom is 0.102 e. The summed E-state index contributed by atoms with van der Waals surface area (Å²) in [6, 6.07) is 8.13. The number of hydrogen-bond donors (Lipinski definition) is 1. The summed E-state index contributed by atoms with van der Waals surface area (Å²) in [5.74, 6) is 0. The van der Waals surface area contributed by atoms with Crippen molar-refractivity contribution in [2.75, 3.05) is 19.8 Å². The third-order valence-electron chi connectivity index (χ3n) is 3.54. The fraction of sp³-hybridized carbons (Fsp3) is 0.625. The van der Waals surface area contributed by atoms with Crippen molar-refractivity contribution in [1.82, 2.24) is 0 Å². The van der Waals surface area contributed by atoms with Crippen LogP contribution in [0.4, 0.5) is 0 Å². The van der Waals surface area contributed by atoms with Gasteiger partial charge in [-0.2, -0.15) is 0 Å². The van der Waals surface area contributed by atoms with Crippen molar-refractivity contribution in [3.05, 3.63) is 35.4 Å². The SMILES string of the molecule is CC(C)(C)c1ccc(C(O)COC2CCOC2)cc1. The second-order valence-electron chi connectivity index (χ2n) is 6.21. The van der Waals surface area contributed by atoms with Gasteiger partial charge in [-0.1, -0.05) is 45.0 Å². The molecular formula is C16H24O3. The third kappa shape index (κ3) is 4.03. The monoisotopic (exact) mass is 264 g/mol. The Balaban J connectivity index is 1.89. The van der Waals surface area contributed by atoms with Crippen molar-refractivity contribution < 1.29 is 14.6 Å². The van der Waals surface area contributed by atoms with Crippen LogP contribution in [0.3, 0.4) is 0 Å². The van der Waals surface area contributed by atoms with Crippen LogP contribution >= 0.6 is 0 Å². The van der Waals surface area contributed by atoms with E-state index in [4.69, 9.17) is 9.47 Å². The van der Waals surface area contributed by atoms with Gasteiger partial charge in [-0.3, -0.25) is 0 Å². The van der Waals surface area contributed by atoms with E-state index in [2.05, 4.69) is 32.9 Å². The molecule has 106 valence electrons. The highest BCUT2D eigenvalue weighted by Gasteiger charge is 2.19. The lowest BCUT2D eigenvalue weighted by Gasteiger charge is -2.20. The Hall–Kier alpha value is -0.900. The molecule has 1 saturated heterocycles. The first-order chi connectivity index (χ1) is 8.97. The standard InChI is InChI=1S/C16H24O3/c1-16(2,3)13-6-4-12(5-7-13)15(17)11-19-14-8-9-18-10-14/h4-7,14-15,17H,8-11H2,1-3H3. The number of benzene rings is 1. The largest absolute Gasteiger partial charge is 0.386 e. The zero-order valence-corrected chi connectivity index (χ0v) is 12.1. The van der Waals surface area contributed by atoms with Crippen molar-refractivity contribution in [1.29, 1.82) is 0 Å². The van der Waals surface area contributed by atoms with Gasteiger partial charge in [0.1, 0.15) is 6.10 Å². The smallest absolute Gasteiger partial charge is 0.102 e. The van der Waals surface area contributed by atoms with Gasteiger partial charge in [0.05, 0.1) is 19.3 Å². The Bertz CT molecular complexity index is 385. The quantitative estimate of drug-likeness (QED) is 0.909. The van der Waals surface area contributed by atoms with E-state index in [1.54, 1.807) is 0 Å². The summed E-state index contributed by atoms with van der Waals surface area (Å²) in [7, 11) is 0. The van der Waals surface area contributed by atoms with Gasteiger partial charge < -0.3 is 14.6 Å². The van der Waals surface area contributed by atoms with Gasteiger partial charge in [0.25, 0.3) is 0 Å². The van der Waals surface area contributed by atoms with Crippen LogP contribution in [-0.4, -0.2) is 31.0 Å². The third-order valence-corrected chi connectivity index (χ3v) is 3.54. The summed E-state index contributed by atoms with van der Waals surface area (Å²) in [6.45, 7) is 8.30. The van der Waals surface area contributed by atoms with Crippen molar-refractivity contribution in [3.8, 4) is 0 Å². The predicted molar refractivity (Wildman–Crippen MR) is 75.3 cm³/mol. The molecular weight excluding hydrogens is 240 g/mol. The van der Waals surface area contributed by atoms with Crippen LogP contribution in [0.25, 0.3) is 0 Å². The van der Waals surface area contributed by atoms with Crippen molar-refractivity contribution in [2.24, 2.45) is 0 Å². The number of ether oxygens (including phenoxy) is 2. The minimum absolute atomic E-state index is 0.140. The number of hydrogen-bond acceptors (Lipinski definition) is 3. The summed E-state index contributed by atoms with van der Waals surface area (Å²) in [5, 5.41) is 10.1. The summed E-state index contributed by atoms with van der Waals surface area (Å²) >= 11 is 0. The minimum Gasteiger partial charge on any atom is -0.386 e. The maximum atomic E-state index is 10.1. The fourth-order valence-electron chi connectivity index (χ4n) is 2.17. The van der Waals surface area contributed by atoms with E-state index in [0.29, 0.717) is 13.2 Å². The number of aliphatic hydroxyl groups excluding tert-OH is 1. The molecule has 0 aliphatic carbocycles. The fourth-order valence-corrected chi connectivity index (χ4v) is 2.17. The highest BCUT2D eigenvalue weighted by molar-refractivity contribution is 5.28. The van der Waals surface area contributed by atoms with Crippen molar-refractivity contribution >= 4 is 0 Å². The molecule has 1 N–H and O–H groups in total. The first-order valence-corrected chi connectivity index (χ1v) is 6.94. The molecule has 2 atom stereocenters. The van der Waals surface area contributed by atoms with Crippen LogP contribution < -0.4 is 0 Å². The maximum absolute atomic E-state index is 10.1. The zero-order chi connectivity index (χ0) is 13.9. The lowest BCUT2D eigenvalue weighted by Crippen LogP contribution is -2.17. The molecule has 0 amide bonds. The van der Waals surface area contributed by atoms with Crippen LogP contribution in [0.2, 0.25) is 0 Å². The molecule has 0 radical (unpaired) electrons. The van der Waals surface area contributed by atoms with E-state index in [0.717, 1.165) is 18.6 Å². The molecule has 1 aromatic carbocycles. The Labute approximate surface area is 115 Å². The van der Waals surface area contributed by atoms with Crippen LogP contribution in [-0.2, 0) is 14.9 Å².